The number of nitro groups is 1. The van der Waals surface area contributed by atoms with Gasteiger partial charge in [-0.25, -0.2) is 4.39 Å². The first-order valence-corrected chi connectivity index (χ1v) is 4.09. The van der Waals surface area contributed by atoms with E-state index in [9.17, 15) is 14.5 Å². The summed E-state index contributed by atoms with van der Waals surface area (Å²) in [6.45, 7) is 1.54. The SMILES string of the molecule is Cc1c(F)cc([N+](=O)[O-])cc1CCl. The smallest absolute Gasteiger partial charge is 0.258 e. The molecule has 0 saturated carbocycles. The van der Waals surface area contributed by atoms with Gasteiger partial charge in [0.15, 0.2) is 0 Å². The summed E-state index contributed by atoms with van der Waals surface area (Å²) < 4.78 is 13.0. The molecule has 0 fully saturated rings. The molecule has 1 rings (SSSR count). The zero-order valence-electron chi connectivity index (χ0n) is 6.88. The summed E-state index contributed by atoms with van der Waals surface area (Å²) in [5.41, 5.74) is 0.549. The molecule has 0 aliphatic rings. The van der Waals surface area contributed by atoms with E-state index in [-0.39, 0.29) is 11.6 Å². The van der Waals surface area contributed by atoms with Gasteiger partial charge in [0, 0.05) is 11.9 Å². The largest absolute Gasteiger partial charge is 0.272 e. The molecule has 5 heteroatoms. The Hall–Kier alpha value is -1.16. The highest BCUT2D eigenvalue weighted by Gasteiger charge is 2.12. The van der Waals surface area contributed by atoms with Crippen LogP contribution in [-0.4, -0.2) is 4.92 Å². The Labute approximate surface area is 79.3 Å². The Morgan fingerprint density at radius 1 is 1.62 bits per heavy atom. The van der Waals surface area contributed by atoms with E-state index in [0.29, 0.717) is 11.1 Å². The van der Waals surface area contributed by atoms with Gasteiger partial charge in [-0.05, 0) is 18.1 Å². The van der Waals surface area contributed by atoms with Crippen LogP contribution in [0.1, 0.15) is 11.1 Å². The van der Waals surface area contributed by atoms with Crippen molar-refractivity contribution >= 4 is 17.3 Å². The van der Waals surface area contributed by atoms with E-state index in [1.165, 1.54) is 13.0 Å². The molecule has 13 heavy (non-hydrogen) atoms. The molecule has 0 aliphatic heterocycles. The zero-order valence-corrected chi connectivity index (χ0v) is 7.64. The van der Waals surface area contributed by atoms with Crippen LogP contribution in [0.5, 0.6) is 0 Å². The lowest BCUT2D eigenvalue weighted by atomic mass is 10.1. The second-order valence-corrected chi connectivity index (χ2v) is 2.87. The van der Waals surface area contributed by atoms with Gasteiger partial charge in [-0.3, -0.25) is 10.1 Å². The molecule has 1 aromatic carbocycles. The summed E-state index contributed by atoms with van der Waals surface area (Å²) in [4.78, 5) is 9.69. The Bertz CT molecular complexity index is 354. The first-order chi connectivity index (χ1) is 6.06. The van der Waals surface area contributed by atoms with Crippen LogP contribution in [-0.2, 0) is 5.88 Å². The van der Waals surface area contributed by atoms with Crippen LogP contribution in [0.25, 0.3) is 0 Å². The lowest BCUT2D eigenvalue weighted by molar-refractivity contribution is -0.385. The van der Waals surface area contributed by atoms with Crippen molar-refractivity contribution in [2.24, 2.45) is 0 Å². The number of nitrogens with zero attached hydrogens (tertiary/aromatic N) is 1. The van der Waals surface area contributed by atoms with E-state index in [0.717, 1.165) is 6.07 Å². The minimum atomic E-state index is -0.640. The molecule has 0 heterocycles. The maximum atomic E-state index is 13.0. The number of rotatable bonds is 2. The minimum Gasteiger partial charge on any atom is -0.258 e. The van der Waals surface area contributed by atoms with E-state index in [2.05, 4.69) is 0 Å². The highest BCUT2D eigenvalue weighted by atomic mass is 35.5. The van der Waals surface area contributed by atoms with Gasteiger partial charge in [0.2, 0.25) is 0 Å². The summed E-state index contributed by atoms with van der Waals surface area (Å²) >= 11 is 5.49. The fourth-order valence-corrected chi connectivity index (χ4v) is 1.24. The third-order valence-corrected chi connectivity index (χ3v) is 2.08. The van der Waals surface area contributed by atoms with Crippen molar-refractivity contribution in [2.75, 3.05) is 0 Å². The molecular formula is C8H7ClFNO2. The summed E-state index contributed by atoms with van der Waals surface area (Å²) in [7, 11) is 0. The summed E-state index contributed by atoms with van der Waals surface area (Å²) in [5.74, 6) is -0.519. The number of alkyl halides is 1. The maximum absolute atomic E-state index is 13.0. The number of hydrogen-bond acceptors (Lipinski definition) is 2. The molecule has 0 atom stereocenters. The molecule has 0 amide bonds. The standard InChI is InChI=1S/C8H7ClFNO2/c1-5-6(4-9)2-7(11(12)13)3-8(5)10/h2-3H,4H2,1H3. The summed E-state index contributed by atoms with van der Waals surface area (Å²) in [6.07, 6.45) is 0. The topological polar surface area (TPSA) is 43.1 Å². The van der Waals surface area contributed by atoms with Crippen LogP contribution >= 0.6 is 11.6 Å². The monoisotopic (exact) mass is 203 g/mol. The molecule has 0 radical (unpaired) electrons. The molecule has 0 aliphatic carbocycles. The van der Waals surface area contributed by atoms with E-state index in [4.69, 9.17) is 11.6 Å². The maximum Gasteiger partial charge on any atom is 0.272 e. The first-order valence-electron chi connectivity index (χ1n) is 3.55. The molecule has 0 aromatic heterocycles. The molecule has 0 N–H and O–H groups in total. The average Bonchev–Trinajstić information content (AvgIpc) is 2.09. The van der Waals surface area contributed by atoms with E-state index in [1.54, 1.807) is 0 Å². The van der Waals surface area contributed by atoms with Crippen LogP contribution in [0.2, 0.25) is 0 Å². The highest BCUT2D eigenvalue weighted by molar-refractivity contribution is 6.17. The van der Waals surface area contributed by atoms with Gasteiger partial charge in [-0.15, -0.1) is 11.6 Å². The molecule has 0 unspecified atom stereocenters. The van der Waals surface area contributed by atoms with Crippen LogP contribution in [0.15, 0.2) is 12.1 Å². The Morgan fingerprint density at radius 3 is 2.69 bits per heavy atom. The van der Waals surface area contributed by atoms with Gasteiger partial charge >= 0.3 is 0 Å². The fraction of sp³-hybridized carbons (Fsp3) is 0.250. The number of nitro benzene ring substituents is 1. The van der Waals surface area contributed by atoms with Gasteiger partial charge in [-0.1, -0.05) is 0 Å². The Morgan fingerprint density at radius 2 is 2.23 bits per heavy atom. The molecule has 1 aromatic rings. The minimum absolute atomic E-state index is 0.0738. The van der Waals surface area contributed by atoms with Crippen molar-refractivity contribution in [3.05, 3.63) is 39.2 Å². The second-order valence-electron chi connectivity index (χ2n) is 2.60. The third-order valence-electron chi connectivity index (χ3n) is 1.79. The highest BCUT2D eigenvalue weighted by Crippen LogP contribution is 2.22. The quantitative estimate of drug-likeness (QED) is 0.421. The van der Waals surface area contributed by atoms with E-state index in [1.807, 2.05) is 0 Å². The zero-order chi connectivity index (χ0) is 10.0. The van der Waals surface area contributed by atoms with Crippen molar-refractivity contribution in [3.63, 3.8) is 0 Å². The molecule has 0 saturated heterocycles. The van der Waals surface area contributed by atoms with Crippen LogP contribution in [0.3, 0.4) is 0 Å². The Kier molecular flexibility index (Phi) is 2.83. The molecule has 0 spiro atoms. The van der Waals surface area contributed by atoms with Crippen molar-refractivity contribution in [1.29, 1.82) is 0 Å². The summed E-state index contributed by atoms with van der Waals surface area (Å²) in [5, 5.41) is 10.3. The van der Waals surface area contributed by atoms with Gasteiger partial charge in [-0.2, -0.15) is 0 Å². The van der Waals surface area contributed by atoms with Gasteiger partial charge in [0.25, 0.3) is 5.69 Å². The lowest BCUT2D eigenvalue weighted by Gasteiger charge is -2.02. The first kappa shape index (κ1) is 9.92. The van der Waals surface area contributed by atoms with Crippen molar-refractivity contribution < 1.29 is 9.31 Å². The molecule has 0 bridgehead atoms. The summed E-state index contributed by atoms with van der Waals surface area (Å²) in [6, 6.07) is 2.18. The third kappa shape index (κ3) is 1.95. The van der Waals surface area contributed by atoms with Crippen molar-refractivity contribution in [3.8, 4) is 0 Å². The number of halogens is 2. The van der Waals surface area contributed by atoms with E-state index >= 15 is 0 Å². The normalized spacial score (nSPS) is 10.1. The lowest BCUT2D eigenvalue weighted by Crippen LogP contribution is -1.95. The van der Waals surface area contributed by atoms with Gasteiger partial charge in [0.05, 0.1) is 11.0 Å². The number of benzene rings is 1. The van der Waals surface area contributed by atoms with Crippen LogP contribution in [0, 0.1) is 22.9 Å². The Balaban J connectivity index is 3.30. The van der Waals surface area contributed by atoms with Crippen LogP contribution in [0.4, 0.5) is 10.1 Å². The predicted octanol–water partition coefficient (Wildman–Crippen LogP) is 2.78. The van der Waals surface area contributed by atoms with Crippen LogP contribution < -0.4 is 0 Å². The molecular weight excluding hydrogens is 197 g/mol. The number of hydrogen-bond donors (Lipinski definition) is 0. The molecule has 70 valence electrons. The second kappa shape index (κ2) is 3.70. The average molecular weight is 204 g/mol. The predicted molar refractivity (Wildman–Crippen MR) is 47.3 cm³/mol. The molecule has 3 nitrogen and oxygen atoms in total. The van der Waals surface area contributed by atoms with E-state index < -0.39 is 10.7 Å². The number of non-ortho nitro benzene ring substituents is 1. The van der Waals surface area contributed by atoms with Crippen molar-refractivity contribution in [2.45, 2.75) is 12.8 Å². The van der Waals surface area contributed by atoms with Gasteiger partial charge < -0.3 is 0 Å². The van der Waals surface area contributed by atoms with Gasteiger partial charge in [0.1, 0.15) is 5.82 Å². The van der Waals surface area contributed by atoms with Crippen molar-refractivity contribution in [1.82, 2.24) is 0 Å². The fourth-order valence-electron chi connectivity index (χ4n) is 0.964.